The van der Waals surface area contributed by atoms with Crippen LogP contribution in [-0.4, -0.2) is 14.2 Å². The Labute approximate surface area is 258 Å². The van der Waals surface area contributed by atoms with Crippen molar-refractivity contribution in [2.75, 3.05) is 5.75 Å². The summed E-state index contributed by atoms with van der Waals surface area (Å²) in [7, 11) is -6.09. The molecule has 0 atom stereocenters. The highest BCUT2D eigenvalue weighted by atomic mass is 32.2. The average molecular weight is 611 g/mol. The van der Waals surface area contributed by atoms with Gasteiger partial charge in [-0.2, -0.15) is 5.26 Å². The van der Waals surface area contributed by atoms with Crippen LogP contribution >= 0.6 is 7.05 Å². The third kappa shape index (κ3) is 8.56. The molecule has 0 saturated heterocycles. The van der Waals surface area contributed by atoms with Crippen molar-refractivity contribution in [3.63, 3.8) is 0 Å². The Hall–Kier alpha value is -3.45. The zero-order valence-electron chi connectivity index (χ0n) is 25.2. The maximum Gasteiger partial charge on any atom is 0.178 e. The van der Waals surface area contributed by atoms with Crippen LogP contribution in [0.3, 0.4) is 0 Å². The normalized spacial score (nSPS) is 11.6. The van der Waals surface area contributed by atoms with Crippen LogP contribution in [0, 0.1) is 11.3 Å². The first-order valence-electron chi connectivity index (χ1n) is 15.6. The van der Waals surface area contributed by atoms with Crippen molar-refractivity contribution in [2.24, 2.45) is 4.74 Å². The Morgan fingerprint density at radius 2 is 1.07 bits per heavy atom. The maximum atomic E-state index is 13.3. The molecule has 0 heterocycles. The van der Waals surface area contributed by atoms with Gasteiger partial charge >= 0.3 is 0 Å². The predicted molar refractivity (Wildman–Crippen MR) is 182 cm³/mol. The van der Waals surface area contributed by atoms with Gasteiger partial charge in [0.05, 0.1) is 29.0 Å². The summed E-state index contributed by atoms with van der Waals surface area (Å²) in [4.78, 5) is 0.196. The zero-order chi connectivity index (χ0) is 30.4. The number of hydrogen-bond acceptors (Lipinski definition) is 4. The molecule has 0 fully saturated rings. The van der Waals surface area contributed by atoms with Crippen LogP contribution in [0.4, 0.5) is 5.69 Å². The zero-order valence-corrected chi connectivity index (χ0v) is 26.9. The van der Waals surface area contributed by atoms with E-state index in [2.05, 4.69) is 49.4 Å². The first kappa shape index (κ1) is 32.5. The Kier molecular flexibility index (Phi) is 12.4. The van der Waals surface area contributed by atoms with E-state index in [1.165, 1.54) is 44.6 Å². The van der Waals surface area contributed by atoms with Crippen molar-refractivity contribution in [3.8, 4) is 6.07 Å². The van der Waals surface area contributed by atoms with Crippen LogP contribution < -0.4 is 15.9 Å². The van der Waals surface area contributed by atoms with Crippen LogP contribution in [0.15, 0.2) is 119 Å². The van der Waals surface area contributed by atoms with Gasteiger partial charge in [0, 0.05) is 15.9 Å². The topological polar surface area (TPSA) is 70.3 Å². The first-order valence-corrected chi connectivity index (χ1v) is 19.0. The first-order chi connectivity index (χ1) is 21.0. The summed E-state index contributed by atoms with van der Waals surface area (Å²) >= 11 is 0. The van der Waals surface area contributed by atoms with Gasteiger partial charge < -0.3 is 0 Å². The lowest BCUT2D eigenvalue weighted by Gasteiger charge is -2.27. The fraction of sp³-hybridized carbons (Fsp3) is 0.324. The highest BCUT2D eigenvalue weighted by Gasteiger charge is 2.28. The van der Waals surface area contributed by atoms with Crippen molar-refractivity contribution in [2.45, 2.75) is 76.0 Å². The second-order valence-corrected chi connectivity index (χ2v) is 16.2. The van der Waals surface area contributed by atoms with Crippen molar-refractivity contribution < 1.29 is 8.42 Å². The molecule has 4 aromatic carbocycles. The molecule has 0 spiro atoms. The molecule has 0 aliphatic carbocycles. The summed E-state index contributed by atoms with van der Waals surface area (Å²) in [6, 6.07) is 37.7. The van der Waals surface area contributed by atoms with Gasteiger partial charge in [0.1, 0.15) is 6.07 Å². The smallest absolute Gasteiger partial charge is 0.178 e. The summed E-state index contributed by atoms with van der Waals surface area (Å²) < 4.78 is 31.9. The summed E-state index contributed by atoms with van der Waals surface area (Å²) in [6.07, 6.45) is 11.5. The number of nitrogens with zero attached hydrogens (tertiary/aromatic N) is 2. The minimum absolute atomic E-state index is 0.0971. The monoisotopic (exact) mass is 610 g/mol. The molecule has 0 aliphatic rings. The molecule has 0 bridgehead atoms. The molecule has 224 valence electrons. The quantitative estimate of drug-likeness (QED) is 0.0939. The SMILES string of the molecule is CCCCCCCCCCCCS(=O)(=O)c1ccc(N=P(c2ccccc2)(c2ccccc2)c2ccccc2)c(C#N)c1. The van der Waals surface area contributed by atoms with Gasteiger partial charge in [-0.1, -0.05) is 156 Å². The second-order valence-electron chi connectivity index (χ2n) is 11.0. The molecule has 4 nitrogen and oxygen atoms in total. The van der Waals surface area contributed by atoms with Gasteiger partial charge in [-0.3, -0.25) is 4.74 Å². The molecule has 0 amide bonds. The molecule has 6 heteroatoms. The molecule has 0 aliphatic heterocycles. The minimum Gasteiger partial charge on any atom is -0.252 e. The number of nitriles is 1. The van der Waals surface area contributed by atoms with Gasteiger partial charge in [0.2, 0.25) is 0 Å². The average Bonchev–Trinajstić information content (AvgIpc) is 3.05. The van der Waals surface area contributed by atoms with E-state index in [1.54, 1.807) is 12.1 Å². The van der Waals surface area contributed by atoms with E-state index < -0.39 is 16.9 Å². The molecule has 0 radical (unpaired) electrons. The summed E-state index contributed by atoms with van der Waals surface area (Å²) in [5.74, 6) is 0.0971. The third-order valence-corrected chi connectivity index (χ3v) is 13.3. The van der Waals surface area contributed by atoms with Crippen molar-refractivity contribution in [1.29, 1.82) is 5.26 Å². The fourth-order valence-electron chi connectivity index (χ4n) is 5.50. The van der Waals surface area contributed by atoms with Gasteiger partial charge in [-0.15, -0.1) is 0 Å². The Bertz CT molecular complexity index is 1530. The fourth-order valence-corrected chi connectivity index (χ4v) is 10.4. The summed E-state index contributed by atoms with van der Waals surface area (Å²) in [5.41, 5.74) is 0.779. The molecular weight excluding hydrogens is 567 g/mol. The lowest BCUT2D eigenvalue weighted by molar-refractivity contribution is 0.558. The third-order valence-electron chi connectivity index (χ3n) is 7.86. The molecule has 0 aromatic heterocycles. The van der Waals surface area contributed by atoms with Gasteiger partial charge in [-0.05, 0) is 24.6 Å². The Morgan fingerprint density at radius 1 is 0.628 bits per heavy atom. The molecule has 0 N–H and O–H groups in total. The van der Waals surface area contributed by atoms with E-state index in [9.17, 15) is 13.7 Å². The van der Waals surface area contributed by atoms with E-state index in [-0.39, 0.29) is 16.2 Å². The number of hydrogen-bond donors (Lipinski definition) is 0. The highest BCUT2D eigenvalue weighted by Crippen LogP contribution is 2.49. The van der Waals surface area contributed by atoms with E-state index in [1.807, 2.05) is 54.6 Å². The van der Waals surface area contributed by atoms with Crippen molar-refractivity contribution in [1.82, 2.24) is 0 Å². The predicted octanol–water partition coefficient (Wildman–Crippen LogP) is 9.06. The maximum absolute atomic E-state index is 13.3. The lowest BCUT2D eigenvalue weighted by Crippen LogP contribution is -2.25. The summed E-state index contributed by atoms with van der Waals surface area (Å²) in [6.45, 7) is 2.23. The van der Waals surface area contributed by atoms with Crippen LogP contribution in [0.25, 0.3) is 0 Å². The number of unbranched alkanes of at least 4 members (excludes halogenated alkanes) is 9. The van der Waals surface area contributed by atoms with Crippen molar-refractivity contribution in [3.05, 3.63) is 115 Å². The molecule has 4 aromatic rings. The standard InChI is InChI=1S/C37H43N2O2PS/c1-2-3-4-5-6-7-8-9-10-20-29-43(40,41)36-27-28-37(32(30-36)31-38)39-42(33-21-14-11-15-22-33,34-23-16-12-17-24-34)35-25-18-13-19-26-35/h11-19,21-28,30H,2-10,20,29H2,1H3. The van der Waals surface area contributed by atoms with Crippen LogP contribution in [0.1, 0.15) is 76.7 Å². The number of sulfone groups is 1. The van der Waals surface area contributed by atoms with E-state index in [0.29, 0.717) is 12.1 Å². The number of rotatable bonds is 16. The van der Waals surface area contributed by atoms with Crippen molar-refractivity contribution >= 4 is 38.5 Å². The lowest BCUT2D eigenvalue weighted by atomic mass is 10.1. The molecule has 4 rings (SSSR count). The van der Waals surface area contributed by atoms with Crippen LogP contribution in [0.5, 0.6) is 0 Å². The van der Waals surface area contributed by atoms with E-state index in [4.69, 9.17) is 4.74 Å². The minimum atomic E-state index is -3.50. The molecule has 0 unspecified atom stereocenters. The van der Waals surface area contributed by atoms with Gasteiger partial charge in [0.25, 0.3) is 0 Å². The molecule has 43 heavy (non-hydrogen) atoms. The Morgan fingerprint density at radius 3 is 1.51 bits per heavy atom. The van der Waals surface area contributed by atoms with E-state index >= 15 is 0 Å². The molecule has 0 saturated carbocycles. The summed E-state index contributed by atoms with van der Waals surface area (Å²) in [5, 5.41) is 13.4. The number of benzene rings is 4. The largest absolute Gasteiger partial charge is 0.252 e. The van der Waals surface area contributed by atoms with Gasteiger partial charge in [-0.25, -0.2) is 8.42 Å². The Balaban J connectivity index is 1.61. The second kappa shape index (κ2) is 16.4. The van der Waals surface area contributed by atoms with Gasteiger partial charge in [0.15, 0.2) is 9.84 Å². The van der Waals surface area contributed by atoms with Crippen LogP contribution in [-0.2, 0) is 9.84 Å². The highest BCUT2D eigenvalue weighted by molar-refractivity contribution is 7.91. The van der Waals surface area contributed by atoms with Crippen LogP contribution in [0.2, 0.25) is 0 Å². The molecular formula is C37H43N2O2PS. The van der Waals surface area contributed by atoms with E-state index in [0.717, 1.165) is 35.2 Å².